The van der Waals surface area contributed by atoms with Crippen molar-refractivity contribution in [1.29, 1.82) is 0 Å². The van der Waals surface area contributed by atoms with Gasteiger partial charge in [-0.15, -0.1) is 0 Å². The molecule has 30 heavy (non-hydrogen) atoms. The first-order chi connectivity index (χ1) is 14.2. The maximum absolute atomic E-state index is 10.9. The molecule has 0 bridgehead atoms. The summed E-state index contributed by atoms with van der Waals surface area (Å²) in [7, 11) is 0. The first-order valence-electron chi connectivity index (χ1n) is 9.10. The molecule has 0 aromatic heterocycles. The molecule has 0 aliphatic carbocycles. The highest BCUT2D eigenvalue weighted by Crippen LogP contribution is 2.28. The van der Waals surface area contributed by atoms with Crippen LogP contribution < -0.4 is 4.74 Å². The van der Waals surface area contributed by atoms with Crippen LogP contribution in [0.1, 0.15) is 10.4 Å². The van der Waals surface area contributed by atoms with Crippen molar-refractivity contribution in [1.82, 2.24) is 0 Å². The third-order valence-electron chi connectivity index (χ3n) is 5.03. The van der Waals surface area contributed by atoms with E-state index in [0.717, 1.165) is 0 Å². The number of ether oxygens (including phenoxy) is 4. The molecule has 7 N–H and O–H groups in total. The molecule has 0 spiro atoms. The van der Waals surface area contributed by atoms with Crippen molar-refractivity contribution in [3.63, 3.8) is 0 Å². The molecule has 2 aliphatic heterocycles. The summed E-state index contributed by atoms with van der Waals surface area (Å²) in [6, 6.07) is 5.22. The molecule has 1 aromatic rings. The van der Waals surface area contributed by atoms with Crippen molar-refractivity contribution in [2.45, 2.75) is 48.7 Å². The van der Waals surface area contributed by atoms with Crippen LogP contribution in [0.5, 0.6) is 5.75 Å². The number of aliphatic hydroxyl groups excluding tert-OH is 5. The average molecular weight is 432 g/mol. The molecule has 3 rings (SSSR count). The Labute approximate surface area is 170 Å². The molecule has 0 amide bonds. The van der Waals surface area contributed by atoms with E-state index in [0.29, 0.717) is 0 Å². The maximum Gasteiger partial charge on any atom is 0.335 e. The minimum atomic E-state index is -1.89. The van der Waals surface area contributed by atoms with Gasteiger partial charge >= 0.3 is 5.97 Å². The first-order valence-corrected chi connectivity index (χ1v) is 9.10. The lowest BCUT2D eigenvalue weighted by molar-refractivity contribution is -0.289. The fraction of sp³-hybridized carbons (Fsp3) is 0.611. The number of aromatic carboxylic acids is 1. The Bertz CT molecular complexity index is 726. The lowest BCUT2D eigenvalue weighted by Gasteiger charge is -2.40. The third-order valence-corrected chi connectivity index (χ3v) is 5.03. The molecule has 2 aliphatic rings. The molecule has 168 valence electrons. The van der Waals surface area contributed by atoms with Crippen LogP contribution in [-0.4, -0.2) is 110 Å². The van der Waals surface area contributed by atoms with E-state index in [1.165, 1.54) is 24.3 Å². The number of carbonyl (C=O) groups is 1. The second kappa shape index (κ2) is 9.09. The standard InChI is InChI=1S/C18H24O12/c19-6-18(26)7-28-17(14(18)23)27-5-10-11(20)12(21)13(22)16(30-10)29-9-3-1-8(2-4-9)15(24)25/h1-4,10-14,16-17,19-23,26H,5-7H2,(H,24,25)/t10-,11+,12-,13-,14-,16-,17-,18+/m0/s1. The van der Waals surface area contributed by atoms with Gasteiger partial charge < -0.3 is 54.7 Å². The summed E-state index contributed by atoms with van der Waals surface area (Å²) in [6.07, 6.45) is -10.3. The molecule has 12 heteroatoms. The van der Waals surface area contributed by atoms with Gasteiger partial charge in [0, 0.05) is 0 Å². The van der Waals surface area contributed by atoms with Gasteiger partial charge in [-0.3, -0.25) is 0 Å². The van der Waals surface area contributed by atoms with Crippen molar-refractivity contribution < 1.29 is 59.5 Å². The molecular formula is C18H24O12. The van der Waals surface area contributed by atoms with Crippen LogP contribution in [0.15, 0.2) is 24.3 Å². The third kappa shape index (κ3) is 4.56. The van der Waals surface area contributed by atoms with Crippen LogP contribution in [0.2, 0.25) is 0 Å². The number of hydrogen-bond donors (Lipinski definition) is 7. The molecule has 2 fully saturated rings. The Morgan fingerprint density at radius 2 is 1.73 bits per heavy atom. The van der Waals surface area contributed by atoms with E-state index in [9.17, 15) is 30.3 Å². The Kier molecular flexibility index (Phi) is 6.91. The zero-order valence-electron chi connectivity index (χ0n) is 15.6. The summed E-state index contributed by atoms with van der Waals surface area (Å²) in [4.78, 5) is 10.9. The number of aliphatic hydroxyl groups is 6. The molecule has 2 heterocycles. The number of rotatable bonds is 7. The van der Waals surface area contributed by atoms with E-state index >= 15 is 0 Å². The summed E-state index contributed by atoms with van der Waals surface area (Å²) in [5.74, 6) is -0.981. The molecule has 2 saturated heterocycles. The van der Waals surface area contributed by atoms with Crippen LogP contribution in [0.25, 0.3) is 0 Å². The van der Waals surface area contributed by atoms with E-state index in [1.807, 2.05) is 0 Å². The Hall–Kier alpha value is -1.87. The quantitative estimate of drug-likeness (QED) is 0.231. The van der Waals surface area contributed by atoms with E-state index in [1.54, 1.807) is 0 Å². The highest BCUT2D eigenvalue weighted by atomic mass is 16.7. The van der Waals surface area contributed by atoms with Crippen LogP contribution in [-0.2, 0) is 14.2 Å². The number of benzene rings is 1. The molecular weight excluding hydrogens is 408 g/mol. The van der Waals surface area contributed by atoms with Crippen molar-refractivity contribution >= 4 is 5.97 Å². The fourth-order valence-electron chi connectivity index (χ4n) is 3.09. The van der Waals surface area contributed by atoms with E-state index in [-0.39, 0.29) is 17.9 Å². The summed E-state index contributed by atoms with van der Waals surface area (Å²) in [5, 5.41) is 68.4. The summed E-state index contributed by atoms with van der Waals surface area (Å²) < 4.78 is 21.3. The smallest absolute Gasteiger partial charge is 0.335 e. The Morgan fingerprint density at radius 1 is 1.07 bits per heavy atom. The molecule has 8 atom stereocenters. The minimum absolute atomic E-state index is 0.0205. The topological polar surface area (TPSA) is 196 Å². The average Bonchev–Trinajstić information content (AvgIpc) is 3.02. The second-order valence-corrected chi connectivity index (χ2v) is 7.18. The summed E-state index contributed by atoms with van der Waals surface area (Å²) in [6.45, 7) is -1.53. The minimum Gasteiger partial charge on any atom is -0.478 e. The molecule has 0 unspecified atom stereocenters. The van der Waals surface area contributed by atoms with Crippen molar-refractivity contribution in [2.75, 3.05) is 19.8 Å². The van der Waals surface area contributed by atoms with E-state index in [4.69, 9.17) is 29.2 Å². The van der Waals surface area contributed by atoms with Crippen LogP contribution in [0.3, 0.4) is 0 Å². The largest absolute Gasteiger partial charge is 0.478 e. The number of carboxylic acid groups (broad SMARTS) is 1. The highest BCUT2D eigenvalue weighted by molar-refractivity contribution is 5.87. The van der Waals surface area contributed by atoms with Gasteiger partial charge in [-0.2, -0.15) is 0 Å². The lowest BCUT2D eigenvalue weighted by Crippen LogP contribution is -2.60. The molecule has 12 nitrogen and oxygen atoms in total. The lowest BCUT2D eigenvalue weighted by atomic mass is 9.99. The Morgan fingerprint density at radius 3 is 2.30 bits per heavy atom. The highest BCUT2D eigenvalue weighted by Gasteiger charge is 2.50. The van der Waals surface area contributed by atoms with Crippen molar-refractivity contribution in [3.8, 4) is 5.75 Å². The SMILES string of the molecule is O=C(O)c1ccc(O[C@H]2O[C@@H](CO[C@H]3OC[C@](O)(CO)[C@H]3O)[C@@H](O)[C@H](O)[C@@H]2O)cc1. The van der Waals surface area contributed by atoms with Crippen LogP contribution >= 0.6 is 0 Å². The van der Waals surface area contributed by atoms with Gasteiger partial charge in [-0.1, -0.05) is 0 Å². The van der Waals surface area contributed by atoms with E-state index in [2.05, 4.69) is 0 Å². The predicted molar refractivity (Wildman–Crippen MR) is 94.4 cm³/mol. The summed E-state index contributed by atoms with van der Waals surface area (Å²) in [5.41, 5.74) is -1.87. The maximum atomic E-state index is 10.9. The predicted octanol–water partition coefficient (Wildman–Crippen LogP) is -2.97. The monoisotopic (exact) mass is 432 g/mol. The fourth-order valence-corrected chi connectivity index (χ4v) is 3.09. The van der Waals surface area contributed by atoms with Gasteiger partial charge in [-0.05, 0) is 24.3 Å². The van der Waals surface area contributed by atoms with E-state index < -0.39 is 67.9 Å². The van der Waals surface area contributed by atoms with Gasteiger partial charge in [0.05, 0.1) is 25.4 Å². The van der Waals surface area contributed by atoms with Crippen LogP contribution in [0.4, 0.5) is 0 Å². The molecule has 1 aromatic carbocycles. The molecule has 0 radical (unpaired) electrons. The van der Waals surface area contributed by atoms with Crippen molar-refractivity contribution in [2.24, 2.45) is 0 Å². The van der Waals surface area contributed by atoms with Gasteiger partial charge in [0.2, 0.25) is 6.29 Å². The number of carboxylic acids is 1. The van der Waals surface area contributed by atoms with Gasteiger partial charge in [0.25, 0.3) is 0 Å². The zero-order chi connectivity index (χ0) is 22.1. The summed E-state index contributed by atoms with van der Waals surface area (Å²) >= 11 is 0. The molecule has 0 saturated carbocycles. The first kappa shape index (κ1) is 22.8. The number of hydrogen-bond acceptors (Lipinski definition) is 11. The van der Waals surface area contributed by atoms with Gasteiger partial charge in [0.15, 0.2) is 6.29 Å². The van der Waals surface area contributed by atoms with Crippen LogP contribution in [0, 0.1) is 0 Å². The van der Waals surface area contributed by atoms with Gasteiger partial charge in [0.1, 0.15) is 41.9 Å². The second-order valence-electron chi connectivity index (χ2n) is 7.18. The van der Waals surface area contributed by atoms with Gasteiger partial charge in [-0.25, -0.2) is 4.79 Å². The normalized spacial score (nSPS) is 39.1. The zero-order valence-corrected chi connectivity index (χ0v) is 15.6. The Balaban J connectivity index is 1.62. The van der Waals surface area contributed by atoms with Crippen molar-refractivity contribution in [3.05, 3.63) is 29.8 Å².